The molecule has 0 amide bonds. The van der Waals surface area contributed by atoms with Gasteiger partial charge in [0, 0.05) is 22.1 Å². The fourth-order valence-electron chi connectivity index (χ4n) is 2.61. The fourth-order valence-corrected chi connectivity index (χ4v) is 2.79. The number of aromatic nitrogens is 3. The van der Waals surface area contributed by atoms with Gasteiger partial charge < -0.3 is 16.1 Å². The Balaban J connectivity index is 1.82. The number of aromatic amines is 1. The van der Waals surface area contributed by atoms with E-state index >= 15 is 0 Å². The molecule has 0 bridgehead atoms. The summed E-state index contributed by atoms with van der Waals surface area (Å²) < 4.78 is 1.55. The maximum atomic E-state index is 6.14. The monoisotopic (exact) mass is 311 g/mol. The van der Waals surface area contributed by atoms with Crippen molar-refractivity contribution in [2.45, 2.75) is 6.92 Å². The molecule has 6 heteroatoms. The Labute approximate surface area is 131 Å². The summed E-state index contributed by atoms with van der Waals surface area (Å²) >= 11 is 6.08. The molecule has 4 N–H and O–H groups in total. The zero-order valence-electron chi connectivity index (χ0n) is 11.9. The van der Waals surface area contributed by atoms with Gasteiger partial charge in [-0.05, 0) is 42.8 Å². The first-order valence-corrected chi connectivity index (χ1v) is 7.27. The second-order valence-electron chi connectivity index (χ2n) is 5.31. The van der Waals surface area contributed by atoms with Gasteiger partial charge in [-0.3, -0.25) is 0 Å². The second-order valence-corrected chi connectivity index (χ2v) is 5.75. The van der Waals surface area contributed by atoms with E-state index < -0.39 is 0 Å². The molecular formula is C16H14ClN5. The van der Waals surface area contributed by atoms with Gasteiger partial charge in [0.05, 0.1) is 16.7 Å². The Morgan fingerprint density at radius 3 is 2.95 bits per heavy atom. The Hall–Kier alpha value is -2.66. The van der Waals surface area contributed by atoms with Crippen molar-refractivity contribution < 1.29 is 0 Å². The van der Waals surface area contributed by atoms with Gasteiger partial charge in [-0.2, -0.15) is 0 Å². The van der Waals surface area contributed by atoms with E-state index in [9.17, 15) is 0 Å². The number of nitrogens with two attached hydrogens (primary N) is 1. The molecule has 5 nitrogen and oxygen atoms in total. The molecule has 2 aromatic carbocycles. The summed E-state index contributed by atoms with van der Waals surface area (Å²) in [5, 5.41) is 4.95. The van der Waals surface area contributed by atoms with Crippen molar-refractivity contribution in [1.29, 1.82) is 0 Å². The van der Waals surface area contributed by atoms with Gasteiger partial charge in [0.1, 0.15) is 0 Å². The second kappa shape index (κ2) is 4.68. The number of rotatable bonds is 2. The lowest BCUT2D eigenvalue weighted by Gasteiger charge is -2.05. The highest BCUT2D eigenvalue weighted by atomic mass is 35.5. The van der Waals surface area contributed by atoms with Crippen LogP contribution < -0.4 is 11.2 Å². The highest BCUT2D eigenvalue weighted by Gasteiger charge is 2.11. The van der Waals surface area contributed by atoms with Crippen molar-refractivity contribution >= 4 is 45.2 Å². The molecule has 0 fully saturated rings. The zero-order chi connectivity index (χ0) is 15.3. The van der Waals surface area contributed by atoms with Crippen LogP contribution in [0.5, 0.6) is 0 Å². The van der Waals surface area contributed by atoms with Crippen LogP contribution in [0.4, 0.5) is 11.6 Å². The highest BCUT2D eigenvalue weighted by molar-refractivity contribution is 6.31. The summed E-state index contributed by atoms with van der Waals surface area (Å²) in [6.45, 7) is 2.03. The van der Waals surface area contributed by atoms with E-state index in [0.717, 1.165) is 33.2 Å². The molecule has 0 aliphatic heterocycles. The molecule has 0 spiro atoms. The first kappa shape index (κ1) is 13.0. The van der Waals surface area contributed by atoms with Crippen molar-refractivity contribution in [3.63, 3.8) is 0 Å². The van der Waals surface area contributed by atoms with E-state index in [-0.39, 0.29) is 0 Å². The Morgan fingerprint density at radius 1 is 1.23 bits per heavy atom. The van der Waals surface area contributed by atoms with Crippen LogP contribution in [0.25, 0.3) is 21.9 Å². The molecule has 4 aromatic rings. The smallest absolute Gasteiger partial charge is 0.227 e. The predicted molar refractivity (Wildman–Crippen MR) is 91.2 cm³/mol. The number of imidazole rings is 1. The van der Waals surface area contributed by atoms with E-state index in [2.05, 4.69) is 15.3 Å². The summed E-state index contributed by atoms with van der Waals surface area (Å²) in [7, 11) is 0. The van der Waals surface area contributed by atoms with Crippen LogP contribution in [0.15, 0.2) is 42.6 Å². The van der Waals surface area contributed by atoms with Crippen LogP contribution >= 0.6 is 11.6 Å². The number of hydrogen-bond acceptors (Lipinski definition) is 3. The Morgan fingerprint density at radius 2 is 2.09 bits per heavy atom. The van der Waals surface area contributed by atoms with E-state index in [1.54, 1.807) is 4.68 Å². The number of nitrogen functional groups attached to an aromatic ring is 1. The van der Waals surface area contributed by atoms with Crippen LogP contribution in [0.3, 0.4) is 0 Å². The maximum Gasteiger partial charge on any atom is 0.227 e. The lowest BCUT2D eigenvalue weighted by molar-refractivity contribution is 1.05. The SMILES string of the molecule is Cc1ccc2c(c1)nc(Nc1c[nH]c3ccc(Cl)cc13)n2N. The summed E-state index contributed by atoms with van der Waals surface area (Å²) in [5.74, 6) is 6.72. The molecule has 110 valence electrons. The zero-order valence-corrected chi connectivity index (χ0v) is 12.6. The number of H-pyrrole nitrogens is 1. The largest absolute Gasteiger partial charge is 0.359 e. The lowest BCUT2D eigenvalue weighted by atomic mass is 10.2. The average molecular weight is 312 g/mol. The normalized spacial score (nSPS) is 11.4. The minimum atomic E-state index is 0.585. The molecule has 4 rings (SSSR count). The van der Waals surface area contributed by atoms with Crippen LogP contribution in [0.2, 0.25) is 5.02 Å². The van der Waals surface area contributed by atoms with Crippen LogP contribution in [-0.4, -0.2) is 14.6 Å². The first-order valence-electron chi connectivity index (χ1n) is 6.90. The fraction of sp³-hybridized carbons (Fsp3) is 0.0625. The Kier molecular flexibility index (Phi) is 2.77. The molecule has 0 aliphatic rings. The van der Waals surface area contributed by atoms with Crippen molar-refractivity contribution in [2.75, 3.05) is 11.2 Å². The van der Waals surface area contributed by atoms with Gasteiger partial charge in [0.2, 0.25) is 5.95 Å². The van der Waals surface area contributed by atoms with Crippen LogP contribution in [0, 0.1) is 6.92 Å². The molecule has 0 saturated heterocycles. The average Bonchev–Trinajstić information content (AvgIpc) is 3.01. The highest BCUT2D eigenvalue weighted by Crippen LogP contribution is 2.29. The van der Waals surface area contributed by atoms with Crippen LogP contribution in [0.1, 0.15) is 5.56 Å². The quantitative estimate of drug-likeness (QED) is 0.491. The molecule has 0 atom stereocenters. The third kappa shape index (κ3) is 1.98. The summed E-state index contributed by atoms with van der Waals surface area (Å²) in [4.78, 5) is 7.76. The van der Waals surface area contributed by atoms with E-state index in [4.69, 9.17) is 17.4 Å². The molecule has 0 unspecified atom stereocenters. The third-order valence-electron chi connectivity index (χ3n) is 3.74. The maximum absolute atomic E-state index is 6.14. The van der Waals surface area contributed by atoms with Crippen molar-refractivity contribution in [3.05, 3.63) is 53.2 Å². The first-order chi connectivity index (χ1) is 10.6. The number of nitrogens with one attached hydrogen (secondary N) is 2. The topological polar surface area (TPSA) is 71.7 Å². The van der Waals surface area contributed by atoms with Gasteiger partial charge >= 0.3 is 0 Å². The molecular weight excluding hydrogens is 298 g/mol. The van der Waals surface area contributed by atoms with Gasteiger partial charge in [-0.1, -0.05) is 17.7 Å². The molecule has 22 heavy (non-hydrogen) atoms. The van der Waals surface area contributed by atoms with Crippen molar-refractivity contribution in [1.82, 2.24) is 14.6 Å². The number of fused-ring (bicyclic) bond motifs is 2. The van der Waals surface area contributed by atoms with Crippen molar-refractivity contribution in [2.24, 2.45) is 0 Å². The van der Waals surface area contributed by atoms with Crippen LogP contribution in [-0.2, 0) is 0 Å². The molecule has 0 saturated carbocycles. The minimum absolute atomic E-state index is 0.585. The Bertz CT molecular complexity index is 999. The van der Waals surface area contributed by atoms with E-state index in [0.29, 0.717) is 11.0 Å². The number of hydrogen-bond donors (Lipinski definition) is 3. The number of anilines is 2. The van der Waals surface area contributed by atoms with E-state index in [1.807, 2.05) is 49.5 Å². The lowest BCUT2D eigenvalue weighted by Crippen LogP contribution is -2.11. The van der Waals surface area contributed by atoms with Gasteiger partial charge in [-0.25, -0.2) is 9.66 Å². The third-order valence-corrected chi connectivity index (χ3v) is 3.97. The summed E-state index contributed by atoms with van der Waals surface area (Å²) in [5.41, 5.74) is 4.78. The summed E-state index contributed by atoms with van der Waals surface area (Å²) in [6, 6.07) is 11.7. The number of aryl methyl sites for hydroxylation is 1. The molecule has 2 heterocycles. The standard InChI is InChI=1S/C16H14ClN5/c1-9-2-5-15-13(6-9)20-16(22(15)18)21-14-8-19-12-4-3-10(17)7-11(12)14/h2-8,19H,18H2,1H3,(H,20,21). The molecule has 0 radical (unpaired) electrons. The number of nitrogens with zero attached hydrogens (tertiary/aromatic N) is 2. The van der Waals surface area contributed by atoms with Gasteiger partial charge in [0.15, 0.2) is 0 Å². The number of benzene rings is 2. The van der Waals surface area contributed by atoms with Crippen molar-refractivity contribution in [3.8, 4) is 0 Å². The minimum Gasteiger partial charge on any atom is -0.359 e. The summed E-state index contributed by atoms with van der Waals surface area (Å²) in [6.07, 6.45) is 1.88. The number of halogens is 1. The predicted octanol–water partition coefficient (Wildman–Crippen LogP) is 3.94. The van der Waals surface area contributed by atoms with E-state index in [1.165, 1.54) is 0 Å². The van der Waals surface area contributed by atoms with Gasteiger partial charge in [-0.15, -0.1) is 0 Å². The van der Waals surface area contributed by atoms with Gasteiger partial charge in [0.25, 0.3) is 0 Å². The molecule has 0 aliphatic carbocycles. The molecule has 2 aromatic heterocycles.